The largest absolute Gasteiger partial charge is 0.463 e. The second-order valence-corrected chi connectivity index (χ2v) is 7.77. The third-order valence-electron chi connectivity index (χ3n) is 4.15. The monoisotopic (exact) mass is 307 g/mol. The average molecular weight is 307 g/mol. The van der Waals surface area contributed by atoms with Crippen LogP contribution in [-0.2, 0) is 9.84 Å². The van der Waals surface area contributed by atoms with Crippen molar-refractivity contribution in [3.05, 3.63) is 30.2 Å². The van der Waals surface area contributed by atoms with Gasteiger partial charge in [-0.2, -0.15) is 5.10 Å². The first kappa shape index (κ1) is 12.6. The molecular formula is C13H13N3O4S. The fourth-order valence-corrected chi connectivity index (χ4v) is 5.11. The molecule has 2 aliphatic heterocycles. The van der Waals surface area contributed by atoms with E-state index in [-0.39, 0.29) is 29.9 Å². The molecular weight excluding hydrogens is 294 g/mol. The summed E-state index contributed by atoms with van der Waals surface area (Å²) in [5, 5.41) is 6.37. The van der Waals surface area contributed by atoms with Gasteiger partial charge in [0, 0.05) is 18.7 Å². The van der Waals surface area contributed by atoms with Gasteiger partial charge in [0.05, 0.1) is 17.3 Å². The van der Waals surface area contributed by atoms with Crippen LogP contribution in [0.2, 0.25) is 0 Å². The van der Waals surface area contributed by atoms with Crippen molar-refractivity contribution in [1.82, 2.24) is 15.1 Å². The molecule has 2 aromatic heterocycles. The van der Waals surface area contributed by atoms with Gasteiger partial charge < -0.3 is 9.32 Å². The Labute approximate surface area is 120 Å². The van der Waals surface area contributed by atoms with Gasteiger partial charge in [-0.1, -0.05) is 0 Å². The maximum atomic E-state index is 12.4. The molecule has 7 nitrogen and oxygen atoms in total. The number of amides is 1. The van der Waals surface area contributed by atoms with Crippen LogP contribution in [0.1, 0.15) is 16.9 Å². The molecule has 110 valence electrons. The lowest BCUT2D eigenvalue weighted by atomic mass is 10.2. The molecule has 2 atom stereocenters. The Morgan fingerprint density at radius 2 is 2.33 bits per heavy atom. The minimum absolute atomic E-state index is 0.0683. The number of hydrogen-bond donors (Lipinski definition) is 1. The Balaban J connectivity index is 1.57. The van der Waals surface area contributed by atoms with Crippen LogP contribution in [0.25, 0.3) is 11.5 Å². The van der Waals surface area contributed by atoms with Crippen molar-refractivity contribution in [1.29, 1.82) is 0 Å². The highest BCUT2D eigenvalue weighted by Crippen LogP contribution is 2.33. The first-order valence-corrected chi connectivity index (χ1v) is 8.38. The summed E-state index contributed by atoms with van der Waals surface area (Å²) in [7, 11) is -3.00. The van der Waals surface area contributed by atoms with Gasteiger partial charge in [-0.3, -0.25) is 9.89 Å². The van der Waals surface area contributed by atoms with E-state index in [1.165, 1.54) is 0 Å². The topological polar surface area (TPSA) is 96.3 Å². The van der Waals surface area contributed by atoms with Gasteiger partial charge in [0.25, 0.3) is 5.91 Å². The van der Waals surface area contributed by atoms with Gasteiger partial charge in [0.2, 0.25) is 0 Å². The van der Waals surface area contributed by atoms with Crippen LogP contribution < -0.4 is 0 Å². The van der Waals surface area contributed by atoms with Crippen LogP contribution in [0, 0.1) is 0 Å². The molecule has 2 unspecified atom stereocenters. The SMILES string of the molecule is O=C(c1cc(-c2ccco2)[nH]n1)N1CC2CC1CS2(=O)=O. The predicted octanol–water partition coefficient (Wildman–Crippen LogP) is 0.681. The molecule has 2 aliphatic rings. The number of rotatable bonds is 2. The summed E-state index contributed by atoms with van der Waals surface area (Å²) >= 11 is 0. The van der Waals surface area contributed by atoms with Crippen LogP contribution in [-0.4, -0.2) is 53.0 Å². The number of fused-ring (bicyclic) bond motifs is 2. The number of carbonyl (C=O) groups excluding carboxylic acids is 1. The predicted molar refractivity (Wildman–Crippen MR) is 73.3 cm³/mol. The highest BCUT2D eigenvalue weighted by atomic mass is 32.2. The number of hydrogen-bond acceptors (Lipinski definition) is 5. The number of nitrogens with zero attached hydrogens (tertiary/aromatic N) is 2. The number of carbonyl (C=O) groups is 1. The average Bonchev–Trinajstić information content (AvgIpc) is 3.19. The fraction of sp³-hybridized carbons (Fsp3) is 0.385. The van der Waals surface area contributed by atoms with Crippen molar-refractivity contribution < 1.29 is 17.6 Å². The van der Waals surface area contributed by atoms with Gasteiger partial charge in [-0.25, -0.2) is 8.42 Å². The summed E-state index contributed by atoms with van der Waals surface area (Å²) < 4.78 is 28.7. The van der Waals surface area contributed by atoms with E-state index in [4.69, 9.17) is 4.42 Å². The second-order valence-electron chi connectivity index (χ2n) is 5.44. The number of nitrogens with one attached hydrogen (secondary N) is 1. The lowest BCUT2D eigenvalue weighted by Gasteiger charge is -2.25. The fourth-order valence-electron chi connectivity index (χ4n) is 3.08. The van der Waals surface area contributed by atoms with Crippen molar-refractivity contribution >= 4 is 15.7 Å². The molecule has 2 fully saturated rings. The zero-order valence-corrected chi connectivity index (χ0v) is 11.8. The molecule has 0 aliphatic carbocycles. The van der Waals surface area contributed by atoms with Crippen molar-refractivity contribution in [2.24, 2.45) is 0 Å². The molecule has 8 heteroatoms. The molecule has 0 saturated carbocycles. The van der Waals surface area contributed by atoms with Crippen molar-refractivity contribution in [2.75, 3.05) is 12.3 Å². The van der Waals surface area contributed by atoms with Gasteiger partial charge in [0.1, 0.15) is 5.69 Å². The van der Waals surface area contributed by atoms with Gasteiger partial charge in [-0.05, 0) is 18.6 Å². The summed E-state index contributed by atoms with van der Waals surface area (Å²) in [6, 6.07) is 4.94. The second kappa shape index (κ2) is 4.20. The third-order valence-corrected chi connectivity index (χ3v) is 6.36. The summed E-state index contributed by atoms with van der Waals surface area (Å²) in [6.07, 6.45) is 2.09. The maximum absolute atomic E-state index is 12.4. The van der Waals surface area contributed by atoms with Crippen LogP contribution in [0.15, 0.2) is 28.9 Å². The van der Waals surface area contributed by atoms with E-state index >= 15 is 0 Å². The van der Waals surface area contributed by atoms with Crippen molar-refractivity contribution in [3.8, 4) is 11.5 Å². The molecule has 4 rings (SSSR count). The molecule has 2 saturated heterocycles. The summed E-state index contributed by atoms with van der Waals surface area (Å²) in [6.45, 7) is 0.273. The Kier molecular flexibility index (Phi) is 2.53. The Hall–Kier alpha value is -2.09. The number of furan rings is 1. The Morgan fingerprint density at radius 1 is 1.48 bits per heavy atom. The highest BCUT2D eigenvalue weighted by Gasteiger charge is 2.50. The molecule has 0 aromatic carbocycles. The van der Waals surface area contributed by atoms with E-state index in [0.717, 1.165) is 0 Å². The molecule has 1 N–H and O–H groups in total. The van der Waals surface area contributed by atoms with Gasteiger partial charge in [0.15, 0.2) is 21.3 Å². The number of sulfone groups is 1. The number of aromatic amines is 1. The number of H-pyrrole nitrogens is 1. The van der Waals surface area contributed by atoms with E-state index in [0.29, 0.717) is 17.9 Å². The van der Waals surface area contributed by atoms with E-state index in [2.05, 4.69) is 10.2 Å². The van der Waals surface area contributed by atoms with Gasteiger partial charge in [-0.15, -0.1) is 0 Å². The molecule has 0 spiro atoms. The number of likely N-dealkylation sites (tertiary alicyclic amines) is 1. The molecule has 4 heterocycles. The normalized spacial score (nSPS) is 26.4. The summed E-state index contributed by atoms with van der Waals surface area (Å²) in [5.41, 5.74) is 0.909. The van der Waals surface area contributed by atoms with E-state index in [9.17, 15) is 13.2 Å². The summed E-state index contributed by atoms with van der Waals surface area (Å²) in [5.74, 6) is 0.442. The van der Waals surface area contributed by atoms with Crippen LogP contribution >= 0.6 is 0 Å². The lowest BCUT2D eigenvalue weighted by Crippen LogP contribution is -2.44. The van der Waals surface area contributed by atoms with Gasteiger partial charge >= 0.3 is 0 Å². The molecule has 1 amide bonds. The van der Waals surface area contributed by atoms with E-state index < -0.39 is 15.1 Å². The molecule has 2 bridgehead atoms. The van der Waals surface area contributed by atoms with Crippen LogP contribution in [0.5, 0.6) is 0 Å². The first-order chi connectivity index (χ1) is 10.0. The minimum Gasteiger partial charge on any atom is -0.463 e. The van der Waals surface area contributed by atoms with E-state index in [1.54, 1.807) is 29.4 Å². The Bertz CT molecular complexity index is 793. The van der Waals surface area contributed by atoms with Crippen molar-refractivity contribution in [3.63, 3.8) is 0 Å². The highest BCUT2D eigenvalue weighted by molar-refractivity contribution is 7.92. The zero-order valence-electron chi connectivity index (χ0n) is 11.0. The number of aromatic nitrogens is 2. The minimum atomic E-state index is -3.00. The molecule has 2 aromatic rings. The zero-order chi connectivity index (χ0) is 14.6. The summed E-state index contributed by atoms with van der Waals surface area (Å²) in [4.78, 5) is 14.1. The van der Waals surface area contributed by atoms with E-state index in [1.807, 2.05) is 0 Å². The standard InChI is InChI=1S/C13H13N3O4S/c17-13(16-6-9-4-8(16)7-21(9,18)19)11-5-10(14-15-11)12-2-1-3-20-12/h1-3,5,8-9H,4,6-7H2,(H,14,15). The molecule has 0 radical (unpaired) electrons. The quantitative estimate of drug-likeness (QED) is 0.880. The smallest absolute Gasteiger partial charge is 0.274 e. The Morgan fingerprint density at radius 3 is 2.95 bits per heavy atom. The lowest BCUT2D eigenvalue weighted by molar-refractivity contribution is 0.0740. The van der Waals surface area contributed by atoms with Crippen LogP contribution in [0.3, 0.4) is 0 Å². The van der Waals surface area contributed by atoms with Crippen LogP contribution in [0.4, 0.5) is 0 Å². The third kappa shape index (κ3) is 1.90. The maximum Gasteiger partial charge on any atom is 0.274 e. The van der Waals surface area contributed by atoms with Crippen molar-refractivity contribution in [2.45, 2.75) is 17.7 Å². The first-order valence-electron chi connectivity index (χ1n) is 6.66. The molecule has 21 heavy (non-hydrogen) atoms.